The molecule has 1 aromatic heterocycles. The molecule has 0 radical (unpaired) electrons. The van der Waals surface area contributed by atoms with Crippen molar-refractivity contribution in [2.75, 3.05) is 42.9 Å². The Labute approximate surface area is 161 Å². The number of hydrogen-bond donors (Lipinski definition) is 1. The number of carbonyl (C=O) groups excluding carboxylic acids is 1. The molecule has 1 saturated heterocycles. The molecule has 1 N–H and O–H groups in total. The second-order valence-electron chi connectivity index (χ2n) is 6.79. The lowest BCUT2D eigenvalue weighted by molar-refractivity contribution is 0.102. The molecule has 1 aliphatic heterocycles. The zero-order chi connectivity index (χ0) is 19.2. The summed E-state index contributed by atoms with van der Waals surface area (Å²) in [6.45, 7) is 11.4. The van der Waals surface area contributed by atoms with Crippen molar-refractivity contribution in [1.82, 2.24) is 14.9 Å². The fourth-order valence-electron chi connectivity index (χ4n) is 3.48. The van der Waals surface area contributed by atoms with Crippen LogP contribution in [-0.2, 0) is 12.8 Å². The number of nitrogens with zero attached hydrogens (tertiary/aromatic N) is 4. The lowest BCUT2D eigenvalue weighted by Gasteiger charge is -2.34. The minimum absolute atomic E-state index is 0.208. The number of para-hydroxylation sites is 1. The molecule has 0 saturated carbocycles. The molecule has 1 aliphatic rings. The third-order valence-corrected chi connectivity index (χ3v) is 5.25. The molecule has 2 aromatic rings. The summed E-state index contributed by atoms with van der Waals surface area (Å²) in [5.41, 5.74) is 3.54. The average molecular weight is 367 g/mol. The van der Waals surface area contributed by atoms with E-state index in [0.717, 1.165) is 68.2 Å². The van der Waals surface area contributed by atoms with E-state index in [2.05, 4.69) is 58.0 Å². The van der Waals surface area contributed by atoms with Crippen LogP contribution in [0.4, 0.5) is 11.5 Å². The van der Waals surface area contributed by atoms with Gasteiger partial charge in [0.15, 0.2) is 0 Å². The molecule has 2 heterocycles. The van der Waals surface area contributed by atoms with Gasteiger partial charge in [0.25, 0.3) is 5.91 Å². The summed E-state index contributed by atoms with van der Waals surface area (Å²) >= 11 is 0. The van der Waals surface area contributed by atoms with Crippen LogP contribution in [0, 0.1) is 0 Å². The van der Waals surface area contributed by atoms with Crippen LogP contribution in [0.1, 0.15) is 42.4 Å². The molecule has 1 aromatic carbocycles. The zero-order valence-electron chi connectivity index (χ0n) is 16.5. The Bertz CT molecular complexity index is 744. The molecule has 6 heteroatoms. The smallest absolute Gasteiger partial charge is 0.275 e. The normalized spacial score (nSPS) is 15.0. The number of hydrogen-bond acceptors (Lipinski definition) is 5. The highest BCUT2D eigenvalue weighted by atomic mass is 16.1. The number of nitrogens with one attached hydrogen (secondary N) is 1. The summed E-state index contributed by atoms with van der Waals surface area (Å²) in [6.07, 6.45) is 5.04. The molecular formula is C21H29N5O. The average Bonchev–Trinajstić information content (AvgIpc) is 2.74. The van der Waals surface area contributed by atoms with Crippen molar-refractivity contribution >= 4 is 17.4 Å². The number of carbonyl (C=O) groups is 1. The maximum absolute atomic E-state index is 12.7. The van der Waals surface area contributed by atoms with Crippen molar-refractivity contribution in [3.63, 3.8) is 0 Å². The fourth-order valence-corrected chi connectivity index (χ4v) is 3.48. The van der Waals surface area contributed by atoms with Gasteiger partial charge in [-0.25, -0.2) is 9.97 Å². The van der Waals surface area contributed by atoms with E-state index in [1.54, 1.807) is 12.4 Å². The Balaban J connectivity index is 1.70. The molecule has 3 rings (SSSR count). The van der Waals surface area contributed by atoms with Crippen molar-refractivity contribution in [1.29, 1.82) is 0 Å². The predicted octanol–water partition coefficient (Wildman–Crippen LogP) is 3.00. The Morgan fingerprint density at radius 1 is 1.00 bits per heavy atom. The van der Waals surface area contributed by atoms with Gasteiger partial charge in [0.05, 0.1) is 12.4 Å². The quantitative estimate of drug-likeness (QED) is 0.850. The molecule has 144 valence electrons. The van der Waals surface area contributed by atoms with Crippen LogP contribution < -0.4 is 10.2 Å². The van der Waals surface area contributed by atoms with E-state index in [9.17, 15) is 4.79 Å². The van der Waals surface area contributed by atoms with Gasteiger partial charge in [0, 0.05) is 31.9 Å². The molecule has 1 fully saturated rings. The molecule has 0 unspecified atom stereocenters. The van der Waals surface area contributed by atoms with Crippen molar-refractivity contribution in [2.45, 2.75) is 33.6 Å². The standard InChI is InChI=1S/C21H29N5O/c1-4-16-8-7-9-17(5-2)20(16)24-21(27)18-14-23-19(15-22-18)26-12-10-25(6-3)11-13-26/h7-9,14-15H,4-6,10-13H2,1-3H3,(H,24,27). The van der Waals surface area contributed by atoms with E-state index in [1.165, 1.54) is 0 Å². The SMILES string of the molecule is CCc1cccc(CC)c1NC(=O)c1cnc(N2CCN(CC)CC2)cn1. The van der Waals surface area contributed by atoms with Gasteiger partial charge < -0.3 is 15.1 Å². The first kappa shape index (κ1) is 19.3. The molecule has 0 atom stereocenters. The number of anilines is 2. The first-order chi connectivity index (χ1) is 13.2. The van der Waals surface area contributed by atoms with E-state index >= 15 is 0 Å². The minimum Gasteiger partial charge on any atom is -0.353 e. The Morgan fingerprint density at radius 3 is 2.19 bits per heavy atom. The van der Waals surface area contributed by atoms with E-state index in [1.807, 2.05) is 6.07 Å². The van der Waals surface area contributed by atoms with Crippen molar-refractivity contribution in [3.05, 3.63) is 47.4 Å². The lowest BCUT2D eigenvalue weighted by Crippen LogP contribution is -2.46. The van der Waals surface area contributed by atoms with Crippen LogP contribution in [-0.4, -0.2) is 53.5 Å². The maximum Gasteiger partial charge on any atom is 0.275 e. The Hall–Kier alpha value is -2.47. The van der Waals surface area contributed by atoms with Crippen LogP contribution in [0.5, 0.6) is 0 Å². The Kier molecular flexibility index (Phi) is 6.40. The van der Waals surface area contributed by atoms with Gasteiger partial charge in [-0.15, -0.1) is 0 Å². The van der Waals surface area contributed by atoms with Gasteiger partial charge in [-0.3, -0.25) is 4.79 Å². The second-order valence-corrected chi connectivity index (χ2v) is 6.79. The van der Waals surface area contributed by atoms with E-state index < -0.39 is 0 Å². The van der Waals surface area contributed by atoms with Gasteiger partial charge in [-0.2, -0.15) is 0 Å². The molecule has 1 amide bonds. The largest absolute Gasteiger partial charge is 0.353 e. The molecule has 27 heavy (non-hydrogen) atoms. The molecule has 6 nitrogen and oxygen atoms in total. The van der Waals surface area contributed by atoms with Gasteiger partial charge in [0.2, 0.25) is 0 Å². The van der Waals surface area contributed by atoms with E-state index in [-0.39, 0.29) is 5.91 Å². The zero-order valence-corrected chi connectivity index (χ0v) is 16.5. The van der Waals surface area contributed by atoms with Gasteiger partial charge in [-0.1, -0.05) is 39.0 Å². The van der Waals surface area contributed by atoms with Crippen LogP contribution in [0.15, 0.2) is 30.6 Å². The Morgan fingerprint density at radius 2 is 1.67 bits per heavy atom. The first-order valence-electron chi connectivity index (χ1n) is 9.87. The lowest BCUT2D eigenvalue weighted by atomic mass is 10.0. The van der Waals surface area contributed by atoms with Crippen molar-refractivity contribution in [3.8, 4) is 0 Å². The van der Waals surface area contributed by atoms with Crippen LogP contribution in [0.3, 0.4) is 0 Å². The summed E-state index contributed by atoms with van der Waals surface area (Å²) in [5, 5.41) is 3.05. The second kappa shape index (κ2) is 8.95. The summed E-state index contributed by atoms with van der Waals surface area (Å²) < 4.78 is 0. The van der Waals surface area contributed by atoms with Gasteiger partial charge in [-0.05, 0) is 30.5 Å². The number of aromatic nitrogens is 2. The number of benzene rings is 1. The highest BCUT2D eigenvalue weighted by molar-refractivity contribution is 6.03. The van der Waals surface area contributed by atoms with Crippen LogP contribution >= 0.6 is 0 Å². The summed E-state index contributed by atoms with van der Waals surface area (Å²) in [7, 11) is 0. The molecular weight excluding hydrogens is 338 g/mol. The van der Waals surface area contributed by atoms with Crippen LogP contribution in [0.25, 0.3) is 0 Å². The highest BCUT2D eigenvalue weighted by Crippen LogP contribution is 2.23. The first-order valence-corrected chi connectivity index (χ1v) is 9.87. The summed E-state index contributed by atoms with van der Waals surface area (Å²) in [5.74, 6) is 0.631. The fraction of sp³-hybridized carbons (Fsp3) is 0.476. The summed E-state index contributed by atoms with van der Waals surface area (Å²) in [6, 6.07) is 6.15. The monoisotopic (exact) mass is 367 g/mol. The number of likely N-dealkylation sites (N-methyl/N-ethyl adjacent to an activating group) is 1. The van der Waals surface area contributed by atoms with Crippen molar-refractivity contribution in [2.24, 2.45) is 0 Å². The predicted molar refractivity (Wildman–Crippen MR) is 110 cm³/mol. The minimum atomic E-state index is -0.208. The van der Waals surface area contributed by atoms with Crippen molar-refractivity contribution < 1.29 is 4.79 Å². The number of amides is 1. The van der Waals surface area contributed by atoms with E-state index in [4.69, 9.17) is 0 Å². The number of rotatable bonds is 6. The molecule has 0 spiro atoms. The third kappa shape index (κ3) is 4.45. The van der Waals surface area contributed by atoms with Gasteiger partial charge >= 0.3 is 0 Å². The molecule has 0 bridgehead atoms. The summed E-state index contributed by atoms with van der Waals surface area (Å²) in [4.78, 5) is 26.2. The highest BCUT2D eigenvalue weighted by Gasteiger charge is 2.18. The van der Waals surface area contributed by atoms with E-state index in [0.29, 0.717) is 5.69 Å². The van der Waals surface area contributed by atoms with Crippen LogP contribution in [0.2, 0.25) is 0 Å². The third-order valence-electron chi connectivity index (χ3n) is 5.25. The maximum atomic E-state index is 12.7. The topological polar surface area (TPSA) is 61.4 Å². The number of piperazine rings is 1. The van der Waals surface area contributed by atoms with Gasteiger partial charge in [0.1, 0.15) is 11.5 Å². The molecule has 0 aliphatic carbocycles. The number of aryl methyl sites for hydroxylation is 2.